The van der Waals surface area contributed by atoms with Crippen molar-refractivity contribution in [3.05, 3.63) is 36.0 Å². The molecule has 0 spiro atoms. The SMILES string of the molecule is CCC(C)C(NC(=O)C(CCCN=C(N)N)NC(=O)C(Cc1c[nH]c2ccccc12)NC(=O)C(N)CCC(N)=O)C(=O)O. The number of amides is 4. The molecule has 43 heavy (non-hydrogen) atoms. The summed E-state index contributed by atoms with van der Waals surface area (Å²) in [7, 11) is 0. The molecule has 1 heterocycles. The lowest BCUT2D eigenvalue weighted by atomic mass is 9.98. The van der Waals surface area contributed by atoms with Gasteiger partial charge in [-0.25, -0.2) is 4.79 Å². The van der Waals surface area contributed by atoms with Gasteiger partial charge in [0.25, 0.3) is 0 Å². The first-order valence-electron chi connectivity index (χ1n) is 14.1. The molecule has 1 aromatic carbocycles. The van der Waals surface area contributed by atoms with Crippen LogP contribution in [-0.4, -0.2) is 76.4 Å². The van der Waals surface area contributed by atoms with Crippen LogP contribution in [0.3, 0.4) is 0 Å². The Labute approximate surface area is 249 Å². The van der Waals surface area contributed by atoms with Gasteiger partial charge in [-0.1, -0.05) is 38.5 Å². The molecule has 15 heteroatoms. The van der Waals surface area contributed by atoms with E-state index in [1.807, 2.05) is 24.3 Å². The van der Waals surface area contributed by atoms with E-state index < -0.39 is 53.8 Å². The average Bonchev–Trinajstić information content (AvgIpc) is 3.37. The second kappa shape index (κ2) is 16.7. The summed E-state index contributed by atoms with van der Waals surface area (Å²) in [5, 5.41) is 18.3. The lowest BCUT2D eigenvalue weighted by Gasteiger charge is -2.26. The smallest absolute Gasteiger partial charge is 0.326 e. The van der Waals surface area contributed by atoms with E-state index in [1.54, 1.807) is 20.0 Å². The van der Waals surface area contributed by atoms with Crippen molar-refractivity contribution in [1.29, 1.82) is 0 Å². The Hall–Kier alpha value is -4.66. The summed E-state index contributed by atoms with van der Waals surface area (Å²) in [5.41, 5.74) is 23.4. The number of carbonyl (C=O) groups excluding carboxylic acids is 4. The fourth-order valence-corrected chi connectivity index (χ4v) is 4.42. The van der Waals surface area contributed by atoms with Crippen molar-refractivity contribution in [2.75, 3.05) is 6.54 Å². The van der Waals surface area contributed by atoms with Crippen molar-refractivity contribution in [2.45, 2.75) is 76.5 Å². The molecule has 13 N–H and O–H groups in total. The highest BCUT2D eigenvalue weighted by atomic mass is 16.4. The number of nitrogens with zero attached hydrogens (tertiary/aromatic N) is 1. The zero-order valence-electron chi connectivity index (χ0n) is 24.5. The van der Waals surface area contributed by atoms with Crippen LogP contribution in [0.5, 0.6) is 0 Å². The predicted molar refractivity (Wildman–Crippen MR) is 161 cm³/mol. The number of aromatic amines is 1. The number of H-pyrrole nitrogens is 1. The summed E-state index contributed by atoms with van der Waals surface area (Å²) in [6.45, 7) is 3.66. The molecule has 4 amide bonds. The number of aliphatic carboxylic acids is 1. The number of benzene rings is 1. The van der Waals surface area contributed by atoms with E-state index in [-0.39, 0.29) is 50.5 Å². The zero-order chi connectivity index (χ0) is 32.1. The monoisotopic (exact) mass is 601 g/mol. The molecule has 0 aliphatic rings. The zero-order valence-corrected chi connectivity index (χ0v) is 24.5. The third-order valence-electron chi connectivity index (χ3n) is 7.13. The Morgan fingerprint density at radius 3 is 2.23 bits per heavy atom. The number of guanidine groups is 1. The molecule has 2 rings (SSSR count). The quantitative estimate of drug-likeness (QED) is 0.0571. The summed E-state index contributed by atoms with van der Waals surface area (Å²) < 4.78 is 0. The number of carboxylic acids is 1. The second-order valence-electron chi connectivity index (χ2n) is 10.5. The molecule has 0 aliphatic heterocycles. The van der Waals surface area contributed by atoms with E-state index in [2.05, 4.69) is 25.9 Å². The van der Waals surface area contributed by atoms with Gasteiger partial charge in [0.1, 0.15) is 18.1 Å². The van der Waals surface area contributed by atoms with E-state index in [9.17, 15) is 29.1 Å². The van der Waals surface area contributed by atoms with Gasteiger partial charge in [0, 0.05) is 36.5 Å². The molecule has 0 radical (unpaired) electrons. The predicted octanol–water partition coefficient (Wildman–Crippen LogP) is -1.06. The topological polar surface area (TPSA) is 274 Å². The molecule has 236 valence electrons. The number of hydrogen-bond donors (Lipinski definition) is 9. The maximum absolute atomic E-state index is 13.7. The van der Waals surface area contributed by atoms with Crippen LogP contribution >= 0.6 is 0 Å². The van der Waals surface area contributed by atoms with E-state index in [0.29, 0.717) is 6.42 Å². The van der Waals surface area contributed by atoms with Gasteiger partial charge in [0.2, 0.25) is 23.6 Å². The maximum atomic E-state index is 13.7. The molecule has 0 saturated carbocycles. The van der Waals surface area contributed by atoms with Crippen LogP contribution in [0.1, 0.15) is 51.5 Å². The summed E-state index contributed by atoms with van der Waals surface area (Å²) in [5.74, 6) is -4.43. The Morgan fingerprint density at radius 2 is 1.60 bits per heavy atom. The van der Waals surface area contributed by atoms with E-state index in [4.69, 9.17) is 22.9 Å². The van der Waals surface area contributed by atoms with Crippen molar-refractivity contribution in [3.63, 3.8) is 0 Å². The Bertz CT molecular complexity index is 1310. The van der Waals surface area contributed by atoms with Crippen molar-refractivity contribution >= 4 is 46.5 Å². The van der Waals surface area contributed by atoms with Crippen LogP contribution in [-0.2, 0) is 30.4 Å². The minimum absolute atomic E-state index is 0.0232. The first-order valence-corrected chi connectivity index (χ1v) is 14.1. The molecule has 0 aliphatic carbocycles. The number of primary amides is 1. The number of para-hydroxylation sites is 1. The highest BCUT2D eigenvalue weighted by molar-refractivity contribution is 5.95. The molecular weight excluding hydrogens is 558 g/mol. The van der Waals surface area contributed by atoms with Crippen LogP contribution in [0.25, 0.3) is 10.9 Å². The molecule has 15 nitrogen and oxygen atoms in total. The number of carbonyl (C=O) groups is 5. The number of rotatable bonds is 18. The number of aromatic nitrogens is 1. The van der Waals surface area contributed by atoms with Crippen molar-refractivity contribution < 1.29 is 29.1 Å². The summed E-state index contributed by atoms with van der Waals surface area (Å²) in [6.07, 6.45) is 2.47. The van der Waals surface area contributed by atoms with Crippen molar-refractivity contribution in [2.24, 2.45) is 33.8 Å². The average molecular weight is 602 g/mol. The van der Waals surface area contributed by atoms with Gasteiger partial charge in [-0.05, 0) is 36.8 Å². The van der Waals surface area contributed by atoms with Crippen LogP contribution in [0.15, 0.2) is 35.5 Å². The largest absolute Gasteiger partial charge is 0.480 e. The Balaban J connectivity index is 2.33. The molecule has 0 bridgehead atoms. The first-order chi connectivity index (χ1) is 20.3. The fraction of sp³-hybridized carbons (Fsp3) is 0.500. The molecule has 0 saturated heterocycles. The van der Waals surface area contributed by atoms with Crippen LogP contribution in [0, 0.1) is 5.92 Å². The molecule has 1 aromatic heterocycles. The minimum Gasteiger partial charge on any atom is -0.480 e. The van der Waals surface area contributed by atoms with Gasteiger partial charge in [-0.15, -0.1) is 0 Å². The van der Waals surface area contributed by atoms with Gasteiger partial charge >= 0.3 is 5.97 Å². The Kier molecular flexibility index (Phi) is 13.4. The molecule has 0 fully saturated rings. The molecular formula is C28H43N9O6. The van der Waals surface area contributed by atoms with Crippen LogP contribution in [0.2, 0.25) is 0 Å². The first kappa shape index (κ1) is 34.5. The number of carboxylic acid groups (broad SMARTS) is 1. The standard InChI is InChI=1S/C28H43N9O6/c1-3-15(2)23(27(42)43)37-25(40)20(9-6-12-33-28(31)32)35-26(41)21(36-24(39)18(29)10-11-22(30)38)13-16-14-34-19-8-5-4-7-17(16)19/h4-5,7-8,14-15,18,20-21,23,34H,3,6,9-13,29H2,1-2H3,(H2,30,38)(H,35,41)(H,36,39)(H,37,40)(H,42,43)(H4,31,32,33). The third-order valence-corrected chi connectivity index (χ3v) is 7.13. The Morgan fingerprint density at radius 1 is 0.953 bits per heavy atom. The van der Waals surface area contributed by atoms with Gasteiger partial charge in [0.05, 0.1) is 6.04 Å². The summed E-state index contributed by atoms with van der Waals surface area (Å²) >= 11 is 0. The van der Waals surface area contributed by atoms with E-state index in [1.165, 1.54) is 0 Å². The highest BCUT2D eigenvalue weighted by Crippen LogP contribution is 2.19. The summed E-state index contributed by atoms with van der Waals surface area (Å²) in [6, 6.07) is 2.76. The number of aliphatic imine (C=N–C) groups is 1. The normalized spacial score (nSPS) is 14.5. The van der Waals surface area contributed by atoms with Gasteiger partial charge < -0.3 is 49.0 Å². The lowest BCUT2D eigenvalue weighted by molar-refractivity contribution is -0.144. The minimum atomic E-state index is -1.21. The van der Waals surface area contributed by atoms with Crippen LogP contribution in [0.4, 0.5) is 0 Å². The number of nitrogens with two attached hydrogens (primary N) is 4. The number of nitrogens with one attached hydrogen (secondary N) is 4. The van der Waals surface area contributed by atoms with E-state index >= 15 is 0 Å². The molecule has 2 aromatic rings. The van der Waals surface area contributed by atoms with Gasteiger partial charge in [0.15, 0.2) is 5.96 Å². The van der Waals surface area contributed by atoms with Crippen LogP contribution < -0.4 is 38.9 Å². The molecule has 5 unspecified atom stereocenters. The van der Waals surface area contributed by atoms with Gasteiger partial charge in [-0.3, -0.25) is 24.2 Å². The van der Waals surface area contributed by atoms with E-state index in [0.717, 1.165) is 16.5 Å². The number of hydrogen-bond acceptors (Lipinski definition) is 7. The fourth-order valence-electron chi connectivity index (χ4n) is 4.42. The lowest BCUT2D eigenvalue weighted by Crippen LogP contribution is -2.58. The van der Waals surface area contributed by atoms with Gasteiger partial charge in [-0.2, -0.15) is 0 Å². The maximum Gasteiger partial charge on any atom is 0.326 e. The summed E-state index contributed by atoms with van der Waals surface area (Å²) in [4.78, 5) is 69.9. The van der Waals surface area contributed by atoms with Crippen molar-refractivity contribution in [3.8, 4) is 0 Å². The number of fused-ring (bicyclic) bond motifs is 1. The van der Waals surface area contributed by atoms with Crippen molar-refractivity contribution in [1.82, 2.24) is 20.9 Å². The highest BCUT2D eigenvalue weighted by Gasteiger charge is 2.32. The second-order valence-corrected chi connectivity index (χ2v) is 10.5. The third kappa shape index (κ3) is 10.9. The molecule has 5 atom stereocenters.